The second kappa shape index (κ2) is 17.2. The fraction of sp³-hybridized carbons (Fsp3) is 0.750. The standard InChI is InChI=1S/C24H43NO2S/c1-4-5-6-7-8-9-10-11-12-13-18-25-19-22(26)20-27-23-14-16-24(17-15-23)28-21(2)3/h14-17,21-22,25-26H,4-13,18-20H2,1-3H3. The highest BCUT2D eigenvalue weighted by molar-refractivity contribution is 7.99. The van der Waals surface area contributed by atoms with Crippen LogP contribution >= 0.6 is 11.8 Å². The Labute approximate surface area is 178 Å². The number of nitrogens with one attached hydrogen (secondary N) is 1. The SMILES string of the molecule is CCCCCCCCCCCCNCC(O)COc1ccc(SC(C)C)cc1. The summed E-state index contributed by atoms with van der Waals surface area (Å²) in [6, 6.07) is 8.12. The summed E-state index contributed by atoms with van der Waals surface area (Å²) in [7, 11) is 0. The molecule has 0 aliphatic heterocycles. The number of ether oxygens (including phenoxy) is 1. The molecule has 0 aliphatic carbocycles. The third-order valence-electron chi connectivity index (χ3n) is 4.72. The number of benzene rings is 1. The van der Waals surface area contributed by atoms with Crippen LogP contribution in [0.2, 0.25) is 0 Å². The van der Waals surface area contributed by atoms with Gasteiger partial charge in [-0.3, -0.25) is 0 Å². The number of hydrogen-bond donors (Lipinski definition) is 2. The molecule has 0 spiro atoms. The minimum absolute atomic E-state index is 0.335. The lowest BCUT2D eigenvalue weighted by atomic mass is 10.1. The minimum Gasteiger partial charge on any atom is -0.491 e. The predicted molar refractivity (Wildman–Crippen MR) is 124 cm³/mol. The summed E-state index contributed by atoms with van der Waals surface area (Å²) in [6.07, 6.45) is 13.1. The Morgan fingerprint density at radius 2 is 1.46 bits per heavy atom. The maximum atomic E-state index is 10.1. The molecule has 3 nitrogen and oxygen atoms in total. The van der Waals surface area contributed by atoms with Gasteiger partial charge in [0.05, 0.1) is 0 Å². The lowest BCUT2D eigenvalue weighted by molar-refractivity contribution is 0.106. The highest BCUT2D eigenvalue weighted by Gasteiger charge is 2.05. The molecule has 0 aliphatic rings. The van der Waals surface area contributed by atoms with Crippen molar-refractivity contribution in [3.8, 4) is 5.75 Å². The van der Waals surface area contributed by atoms with Crippen molar-refractivity contribution in [2.75, 3.05) is 19.7 Å². The van der Waals surface area contributed by atoms with Gasteiger partial charge in [-0.15, -0.1) is 11.8 Å². The molecule has 28 heavy (non-hydrogen) atoms. The van der Waals surface area contributed by atoms with Gasteiger partial charge in [-0.25, -0.2) is 0 Å². The van der Waals surface area contributed by atoms with Crippen LogP contribution in [0.25, 0.3) is 0 Å². The van der Waals surface area contributed by atoms with Crippen LogP contribution in [0.5, 0.6) is 5.75 Å². The van der Waals surface area contributed by atoms with Crippen molar-refractivity contribution in [1.29, 1.82) is 0 Å². The van der Waals surface area contributed by atoms with Gasteiger partial charge in [0.2, 0.25) is 0 Å². The summed E-state index contributed by atoms with van der Waals surface area (Å²) >= 11 is 1.84. The van der Waals surface area contributed by atoms with E-state index < -0.39 is 6.10 Å². The Morgan fingerprint density at radius 1 is 0.893 bits per heavy atom. The van der Waals surface area contributed by atoms with E-state index in [1.54, 1.807) is 0 Å². The number of thioether (sulfide) groups is 1. The molecule has 0 saturated carbocycles. The van der Waals surface area contributed by atoms with Crippen molar-refractivity contribution in [3.63, 3.8) is 0 Å². The van der Waals surface area contributed by atoms with Gasteiger partial charge in [0.1, 0.15) is 18.5 Å². The third kappa shape index (κ3) is 14.3. The molecule has 0 fully saturated rings. The van der Waals surface area contributed by atoms with Crippen LogP contribution in [0.15, 0.2) is 29.2 Å². The predicted octanol–water partition coefficient (Wildman–Crippen LogP) is 6.44. The van der Waals surface area contributed by atoms with E-state index in [1.165, 1.54) is 69.1 Å². The van der Waals surface area contributed by atoms with E-state index in [2.05, 4.69) is 38.2 Å². The molecule has 1 unspecified atom stereocenters. The topological polar surface area (TPSA) is 41.5 Å². The zero-order chi connectivity index (χ0) is 20.5. The lowest BCUT2D eigenvalue weighted by Crippen LogP contribution is -2.32. The van der Waals surface area contributed by atoms with Gasteiger partial charge < -0.3 is 15.2 Å². The molecule has 2 N–H and O–H groups in total. The molecular weight excluding hydrogens is 366 g/mol. The van der Waals surface area contributed by atoms with Gasteiger partial charge in [0.25, 0.3) is 0 Å². The summed E-state index contributed by atoms with van der Waals surface area (Å²) in [5.41, 5.74) is 0. The van der Waals surface area contributed by atoms with E-state index in [0.717, 1.165) is 12.3 Å². The Hall–Kier alpha value is -0.710. The highest BCUT2D eigenvalue weighted by atomic mass is 32.2. The molecule has 1 rings (SSSR count). The molecule has 0 amide bonds. The fourth-order valence-corrected chi connectivity index (χ4v) is 3.98. The Bertz CT molecular complexity index is 464. The normalized spacial score (nSPS) is 12.5. The van der Waals surface area contributed by atoms with Gasteiger partial charge in [-0.2, -0.15) is 0 Å². The molecule has 0 heterocycles. The molecule has 1 aromatic rings. The first-order valence-electron chi connectivity index (χ1n) is 11.4. The molecule has 0 bridgehead atoms. The van der Waals surface area contributed by atoms with Crippen LogP contribution in [0.3, 0.4) is 0 Å². The monoisotopic (exact) mass is 409 g/mol. The van der Waals surface area contributed by atoms with Gasteiger partial charge in [0, 0.05) is 16.7 Å². The van der Waals surface area contributed by atoms with Gasteiger partial charge in [-0.1, -0.05) is 78.6 Å². The minimum atomic E-state index is -0.465. The fourth-order valence-electron chi connectivity index (χ4n) is 3.14. The van der Waals surface area contributed by atoms with E-state index >= 15 is 0 Å². The average molecular weight is 410 g/mol. The summed E-state index contributed by atoms with van der Waals surface area (Å²) in [5, 5.41) is 14.0. The van der Waals surface area contributed by atoms with Crippen LogP contribution < -0.4 is 10.1 Å². The van der Waals surface area contributed by atoms with Crippen molar-refractivity contribution in [3.05, 3.63) is 24.3 Å². The summed E-state index contributed by atoms with van der Waals surface area (Å²) < 4.78 is 5.69. The Morgan fingerprint density at radius 3 is 2.04 bits per heavy atom. The molecule has 0 radical (unpaired) electrons. The van der Waals surface area contributed by atoms with Crippen LogP contribution in [-0.2, 0) is 0 Å². The molecule has 1 atom stereocenters. The summed E-state index contributed by atoms with van der Waals surface area (Å²) in [4.78, 5) is 1.25. The van der Waals surface area contributed by atoms with Crippen LogP contribution in [0, 0.1) is 0 Å². The second-order valence-corrected chi connectivity index (χ2v) is 9.64. The van der Waals surface area contributed by atoms with Crippen LogP contribution in [0.1, 0.15) is 85.0 Å². The maximum absolute atomic E-state index is 10.1. The van der Waals surface area contributed by atoms with E-state index in [-0.39, 0.29) is 0 Å². The maximum Gasteiger partial charge on any atom is 0.119 e. The van der Waals surface area contributed by atoms with Crippen molar-refractivity contribution < 1.29 is 9.84 Å². The van der Waals surface area contributed by atoms with Crippen LogP contribution in [0.4, 0.5) is 0 Å². The first kappa shape index (κ1) is 25.3. The Kier molecular flexibility index (Phi) is 15.5. The quantitative estimate of drug-likeness (QED) is 0.216. The zero-order valence-corrected chi connectivity index (χ0v) is 19.2. The van der Waals surface area contributed by atoms with Gasteiger partial charge >= 0.3 is 0 Å². The highest BCUT2D eigenvalue weighted by Crippen LogP contribution is 2.24. The third-order valence-corrected chi connectivity index (χ3v) is 5.74. The van der Waals surface area contributed by atoms with Crippen LogP contribution in [-0.4, -0.2) is 36.2 Å². The Balaban J connectivity index is 1.93. The number of rotatable bonds is 18. The van der Waals surface area contributed by atoms with Gasteiger partial charge in [0.15, 0.2) is 0 Å². The number of aliphatic hydroxyl groups is 1. The molecule has 4 heteroatoms. The first-order chi connectivity index (χ1) is 13.6. The second-order valence-electron chi connectivity index (χ2n) is 7.99. The van der Waals surface area contributed by atoms with E-state index in [0.29, 0.717) is 18.4 Å². The summed E-state index contributed by atoms with van der Waals surface area (Å²) in [6.45, 7) is 8.56. The van der Waals surface area contributed by atoms with Crippen molar-refractivity contribution in [2.45, 2.75) is 101 Å². The van der Waals surface area contributed by atoms with Crippen molar-refractivity contribution in [2.24, 2.45) is 0 Å². The smallest absolute Gasteiger partial charge is 0.119 e. The average Bonchev–Trinajstić information content (AvgIpc) is 2.68. The molecule has 1 aromatic carbocycles. The summed E-state index contributed by atoms with van der Waals surface area (Å²) in [5.74, 6) is 0.821. The van der Waals surface area contributed by atoms with Gasteiger partial charge in [-0.05, 0) is 37.2 Å². The van der Waals surface area contributed by atoms with Crippen molar-refractivity contribution >= 4 is 11.8 Å². The zero-order valence-electron chi connectivity index (χ0n) is 18.4. The van der Waals surface area contributed by atoms with E-state index in [9.17, 15) is 5.11 Å². The lowest BCUT2D eigenvalue weighted by Gasteiger charge is -2.14. The first-order valence-corrected chi connectivity index (χ1v) is 12.3. The molecule has 0 aromatic heterocycles. The molecule has 0 saturated heterocycles. The van der Waals surface area contributed by atoms with E-state index in [1.807, 2.05) is 23.9 Å². The number of hydrogen-bond acceptors (Lipinski definition) is 4. The van der Waals surface area contributed by atoms with Crippen molar-refractivity contribution in [1.82, 2.24) is 5.32 Å². The molecular formula is C24H43NO2S. The molecule has 162 valence electrons. The number of unbranched alkanes of at least 4 members (excludes halogenated alkanes) is 9. The largest absolute Gasteiger partial charge is 0.491 e. The van der Waals surface area contributed by atoms with E-state index in [4.69, 9.17) is 4.74 Å². The number of aliphatic hydroxyl groups excluding tert-OH is 1.